The Bertz CT molecular complexity index is 848. The van der Waals surface area contributed by atoms with Crippen LogP contribution in [0.3, 0.4) is 0 Å². The first-order chi connectivity index (χ1) is 9.20. The molecule has 6 nitrogen and oxygen atoms in total. The normalized spacial score (nSPS) is 11.0. The molecule has 0 saturated heterocycles. The van der Waals surface area contributed by atoms with Crippen molar-refractivity contribution in [1.29, 1.82) is 0 Å². The second-order valence-corrected chi connectivity index (χ2v) is 4.93. The van der Waals surface area contributed by atoms with Gasteiger partial charge in [0.1, 0.15) is 5.01 Å². The van der Waals surface area contributed by atoms with Gasteiger partial charge < -0.3 is 0 Å². The van der Waals surface area contributed by atoms with E-state index < -0.39 is 11.4 Å². The minimum absolute atomic E-state index is 0.332. The summed E-state index contributed by atoms with van der Waals surface area (Å²) in [4.78, 5) is 28.5. The van der Waals surface area contributed by atoms with Crippen LogP contribution in [0.4, 0.5) is 0 Å². The van der Waals surface area contributed by atoms with E-state index in [1.807, 2.05) is 13.0 Å². The molecule has 2 heterocycles. The van der Waals surface area contributed by atoms with E-state index in [2.05, 4.69) is 10.1 Å². The summed E-state index contributed by atoms with van der Waals surface area (Å²) in [6.07, 6.45) is 0.701. The van der Waals surface area contributed by atoms with Crippen LogP contribution in [0, 0.1) is 0 Å². The fraction of sp³-hybridized carbons (Fsp3) is 0.167. The van der Waals surface area contributed by atoms with Crippen molar-refractivity contribution in [3.63, 3.8) is 0 Å². The molecule has 19 heavy (non-hydrogen) atoms. The van der Waals surface area contributed by atoms with Crippen LogP contribution in [-0.4, -0.2) is 19.2 Å². The number of aryl methyl sites for hydroxylation is 1. The van der Waals surface area contributed by atoms with Gasteiger partial charge in [-0.2, -0.15) is 14.6 Å². The van der Waals surface area contributed by atoms with Gasteiger partial charge in [-0.15, -0.1) is 0 Å². The van der Waals surface area contributed by atoms with E-state index in [9.17, 15) is 9.59 Å². The summed E-state index contributed by atoms with van der Waals surface area (Å²) >= 11 is 1.26. The van der Waals surface area contributed by atoms with Crippen molar-refractivity contribution in [3.8, 4) is 5.69 Å². The van der Waals surface area contributed by atoms with Gasteiger partial charge in [0.25, 0.3) is 0 Å². The topological polar surface area (TPSA) is 69.3 Å². The van der Waals surface area contributed by atoms with Gasteiger partial charge in [-0.1, -0.05) is 36.5 Å². The predicted molar refractivity (Wildman–Crippen MR) is 72.1 cm³/mol. The number of aromatic nitrogens is 4. The van der Waals surface area contributed by atoms with Gasteiger partial charge in [-0.3, -0.25) is 0 Å². The number of para-hydroxylation sites is 1. The number of hydrogen-bond acceptors (Lipinski definition) is 5. The molecule has 3 rings (SSSR count). The highest BCUT2D eigenvalue weighted by Crippen LogP contribution is 2.10. The van der Waals surface area contributed by atoms with Crippen LogP contribution in [-0.2, 0) is 6.42 Å². The zero-order chi connectivity index (χ0) is 13.4. The number of fused-ring (bicyclic) bond motifs is 1. The Morgan fingerprint density at radius 1 is 1.21 bits per heavy atom. The van der Waals surface area contributed by atoms with Crippen LogP contribution < -0.4 is 11.4 Å². The Morgan fingerprint density at radius 3 is 2.63 bits per heavy atom. The summed E-state index contributed by atoms with van der Waals surface area (Å²) < 4.78 is 2.20. The van der Waals surface area contributed by atoms with E-state index in [4.69, 9.17) is 0 Å². The summed E-state index contributed by atoms with van der Waals surface area (Å²) in [5.74, 6) is 0. The molecule has 0 aliphatic heterocycles. The Balaban J connectivity index is 2.38. The molecule has 3 aromatic rings. The maximum absolute atomic E-state index is 12.3. The van der Waals surface area contributed by atoms with E-state index in [0.717, 1.165) is 9.57 Å². The molecular formula is C12H10N4O2S. The van der Waals surface area contributed by atoms with Crippen molar-refractivity contribution in [1.82, 2.24) is 19.2 Å². The highest BCUT2D eigenvalue weighted by atomic mass is 32.1. The van der Waals surface area contributed by atoms with Crippen molar-refractivity contribution < 1.29 is 0 Å². The van der Waals surface area contributed by atoms with Crippen molar-refractivity contribution in [2.45, 2.75) is 13.3 Å². The number of rotatable bonds is 2. The van der Waals surface area contributed by atoms with E-state index >= 15 is 0 Å². The monoisotopic (exact) mass is 274 g/mol. The van der Waals surface area contributed by atoms with Crippen LogP contribution in [0.25, 0.3) is 10.6 Å². The van der Waals surface area contributed by atoms with Crippen LogP contribution in [0.2, 0.25) is 0 Å². The number of benzene rings is 1. The van der Waals surface area contributed by atoms with Crippen molar-refractivity contribution in [2.24, 2.45) is 0 Å². The van der Waals surface area contributed by atoms with Crippen LogP contribution in [0.1, 0.15) is 11.9 Å². The summed E-state index contributed by atoms with van der Waals surface area (Å²) in [5, 5.41) is 4.93. The minimum atomic E-state index is -0.581. The second kappa shape index (κ2) is 4.43. The highest BCUT2D eigenvalue weighted by molar-refractivity contribution is 7.16. The van der Waals surface area contributed by atoms with Gasteiger partial charge in [0.05, 0.1) is 5.69 Å². The SMILES string of the molecule is CCc1nn2c(=O)n(-c3ccccc3)c(=O)nc2s1. The summed E-state index contributed by atoms with van der Waals surface area (Å²) in [5.41, 5.74) is -0.579. The molecule has 0 saturated carbocycles. The van der Waals surface area contributed by atoms with Gasteiger partial charge >= 0.3 is 11.4 Å². The van der Waals surface area contributed by atoms with E-state index in [0.29, 0.717) is 17.1 Å². The van der Waals surface area contributed by atoms with Gasteiger partial charge in [-0.05, 0) is 18.6 Å². The maximum Gasteiger partial charge on any atom is 0.360 e. The number of hydrogen-bond donors (Lipinski definition) is 0. The molecule has 7 heteroatoms. The maximum atomic E-state index is 12.3. The first kappa shape index (κ1) is 11.8. The third kappa shape index (κ3) is 1.88. The van der Waals surface area contributed by atoms with Crippen molar-refractivity contribution >= 4 is 16.3 Å². The highest BCUT2D eigenvalue weighted by Gasteiger charge is 2.12. The average molecular weight is 274 g/mol. The molecule has 0 spiro atoms. The first-order valence-corrected chi connectivity index (χ1v) is 6.59. The Morgan fingerprint density at radius 2 is 1.95 bits per heavy atom. The lowest BCUT2D eigenvalue weighted by molar-refractivity contribution is 0.737. The average Bonchev–Trinajstić information content (AvgIpc) is 2.83. The van der Waals surface area contributed by atoms with Gasteiger partial charge in [0.2, 0.25) is 4.96 Å². The van der Waals surface area contributed by atoms with E-state index in [-0.39, 0.29) is 0 Å². The van der Waals surface area contributed by atoms with Gasteiger partial charge in [0.15, 0.2) is 0 Å². The zero-order valence-electron chi connectivity index (χ0n) is 10.1. The molecule has 0 bridgehead atoms. The molecule has 0 aliphatic rings. The smallest absolute Gasteiger partial charge is 0.245 e. The third-order valence-corrected chi connectivity index (χ3v) is 3.73. The summed E-state index contributed by atoms with van der Waals surface area (Å²) in [7, 11) is 0. The molecule has 0 atom stereocenters. The molecule has 0 fully saturated rings. The second-order valence-electron chi connectivity index (χ2n) is 3.89. The molecule has 0 unspecified atom stereocenters. The van der Waals surface area contributed by atoms with Crippen LogP contribution in [0.5, 0.6) is 0 Å². The van der Waals surface area contributed by atoms with Crippen molar-refractivity contribution in [2.75, 3.05) is 0 Å². The van der Waals surface area contributed by atoms with Gasteiger partial charge in [-0.25, -0.2) is 14.2 Å². The lowest BCUT2D eigenvalue weighted by Gasteiger charge is -2.02. The fourth-order valence-corrected chi connectivity index (χ4v) is 2.57. The standard InChI is InChI=1S/C12H10N4O2S/c1-2-9-14-16-11(19-9)13-10(17)15(12(16)18)8-6-4-3-5-7-8/h3-7H,2H2,1H3. The molecule has 2 aromatic heterocycles. The molecule has 0 radical (unpaired) electrons. The van der Waals surface area contributed by atoms with Crippen LogP contribution >= 0.6 is 11.3 Å². The molecule has 96 valence electrons. The largest absolute Gasteiger partial charge is 0.360 e. The molecule has 1 aromatic carbocycles. The molecule has 0 aliphatic carbocycles. The third-order valence-electron chi connectivity index (χ3n) is 2.67. The first-order valence-electron chi connectivity index (χ1n) is 5.78. The van der Waals surface area contributed by atoms with E-state index in [1.54, 1.807) is 24.3 Å². The zero-order valence-corrected chi connectivity index (χ0v) is 10.9. The fourth-order valence-electron chi connectivity index (χ4n) is 1.77. The quantitative estimate of drug-likeness (QED) is 0.695. The lowest BCUT2D eigenvalue weighted by Crippen LogP contribution is -2.37. The minimum Gasteiger partial charge on any atom is -0.245 e. The van der Waals surface area contributed by atoms with Gasteiger partial charge in [0, 0.05) is 0 Å². The Labute approximate surface area is 111 Å². The summed E-state index contributed by atoms with van der Waals surface area (Å²) in [6, 6.07) is 8.70. The molecular weight excluding hydrogens is 264 g/mol. The van der Waals surface area contributed by atoms with E-state index in [1.165, 1.54) is 15.9 Å². The molecule has 0 amide bonds. The predicted octanol–water partition coefficient (Wildman–Crippen LogP) is 0.864. The van der Waals surface area contributed by atoms with Crippen molar-refractivity contribution in [3.05, 3.63) is 56.3 Å². The Kier molecular flexibility index (Phi) is 2.75. The lowest BCUT2D eigenvalue weighted by atomic mass is 10.3. The van der Waals surface area contributed by atoms with Crippen LogP contribution in [0.15, 0.2) is 39.9 Å². The number of nitrogens with zero attached hydrogens (tertiary/aromatic N) is 4. The Hall–Kier alpha value is -2.28. The summed E-state index contributed by atoms with van der Waals surface area (Å²) in [6.45, 7) is 1.94. The molecule has 0 N–H and O–H groups in total.